The molecular weight excluding hydrogens is 467 g/mol. The second kappa shape index (κ2) is 10.4. The number of hydrogen-bond donors (Lipinski definition) is 0. The summed E-state index contributed by atoms with van der Waals surface area (Å²) < 4.78 is 14.6. The molecule has 158 valence electrons. The van der Waals surface area contributed by atoms with Crippen molar-refractivity contribution in [2.45, 2.75) is 35.9 Å². The Kier molecular flexibility index (Phi) is 7.87. The molecule has 0 amide bonds. The normalized spacial score (nSPS) is 12.1. The van der Waals surface area contributed by atoms with Gasteiger partial charge in [0.2, 0.25) is 0 Å². The van der Waals surface area contributed by atoms with E-state index in [9.17, 15) is 14.3 Å². The summed E-state index contributed by atoms with van der Waals surface area (Å²) in [4.78, 5) is 10.3. The van der Waals surface area contributed by atoms with E-state index in [1.54, 1.807) is 30.3 Å². The Labute approximate surface area is 190 Å². The smallest absolute Gasteiger partial charge is 0.269 e. The Bertz CT molecular complexity index is 1070. The number of nitro benzene ring substituents is 1. The lowest BCUT2D eigenvalue weighted by molar-refractivity contribution is -0.384. The van der Waals surface area contributed by atoms with Crippen LogP contribution in [0.3, 0.4) is 0 Å². The van der Waals surface area contributed by atoms with E-state index in [-0.39, 0.29) is 11.4 Å². The highest BCUT2D eigenvalue weighted by atomic mass is 35.5. The summed E-state index contributed by atoms with van der Waals surface area (Å²) in [6, 6.07) is 11.6. The first-order valence-electron chi connectivity index (χ1n) is 8.94. The van der Waals surface area contributed by atoms with Crippen molar-refractivity contribution >= 4 is 51.5 Å². The van der Waals surface area contributed by atoms with Crippen molar-refractivity contribution < 1.29 is 9.13 Å². The molecule has 1 atom stereocenters. The zero-order valence-corrected chi connectivity index (χ0v) is 19.1. The number of non-ortho nitro benzene ring substituents is 1. The second-order valence-corrected chi connectivity index (χ2v) is 9.56. The predicted molar refractivity (Wildman–Crippen MR) is 120 cm³/mol. The van der Waals surface area contributed by atoms with Gasteiger partial charge in [-0.15, -0.1) is 10.2 Å². The Morgan fingerprint density at radius 3 is 2.50 bits per heavy atom. The fourth-order valence-electron chi connectivity index (χ4n) is 2.72. The fraction of sp³-hybridized carbons (Fsp3) is 0.263. The van der Waals surface area contributed by atoms with Crippen molar-refractivity contribution in [3.8, 4) is 0 Å². The number of nitrogens with zero attached hydrogens (tertiary/aromatic N) is 4. The van der Waals surface area contributed by atoms with E-state index < -0.39 is 15.7 Å². The highest BCUT2D eigenvalue weighted by Crippen LogP contribution is 2.25. The minimum absolute atomic E-state index is 0.0611. The van der Waals surface area contributed by atoms with Crippen LogP contribution in [0.4, 0.5) is 5.69 Å². The summed E-state index contributed by atoms with van der Waals surface area (Å²) >= 11 is 13.6. The molecule has 0 saturated heterocycles. The molecule has 0 aliphatic heterocycles. The van der Waals surface area contributed by atoms with Gasteiger partial charge < -0.3 is 4.57 Å². The van der Waals surface area contributed by atoms with Crippen molar-refractivity contribution in [1.29, 1.82) is 0 Å². The van der Waals surface area contributed by atoms with Crippen LogP contribution in [0, 0.1) is 10.1 Å². The van der Waals surface area contributed by atoms with Crippen LogP contribution in [-0.2, 0) is 34.6 Å². The van der Waals surface area contributed by atoms with Gasteiger partial charge in [-0.25, -0.2) is 0 Å². The lowest BCUT2D eigenvalue weighted by atomic mass is 10.2. The number of rotatable bonds is 9. The van der Waals surface area contributed by atoms with E-state index in [0.717, 1.165) is 11.1 Å². The first kappa shape index (κ1) is 22.7. The number of benzene rings is 2. The lowest BCUT2D eigenvalue weighted by Gasteiger charge is -2.08. The van der Waals surface area contributed by atoms with Gasteiger partial charge in [0, 0.05) is 45.3 Å². The molecule has 1 heterocycles. The van der Waals surface area contributed by atoms with E-state index in [0.29, 0.717) is 39.1 Å². The van der Waals surface area contributed by atoms with Crippen molar-refractivity contribution in [2.24, 2.45) is 0 Å². The maximum Gasteiger partial charge on any atom is 0.269 e. The summed E-state index contributed by atoms with van der Waals surface area (Å²) in [5.74, 6) is 1.81. The van der Waals surface area contributed by atoms with E-state index in [1.807, 2.05) is 11.5 Å². The lowest BCUT2D eigenvalue weighted by Crippen LogP contribution is -2.08. The average Bonchev–Trinajstić information content (AvgIpc) is 3.10. The van der Waals surface area contributed by atoms with Gasteiger partial charge in [0.25, 0.3) is 5.69 Å². The van der Waals surface area contributed by atoms with Crippen molar-refractivity contribution in [1.82, 2.24) is 14.8 Å². The van der Waals surface area contributed by atoms with Gasteiger partial charge >= 0.3 is 0 Å². The third-order valence-corrected chi connectivity index (χ3v) is 7.08. The molecule has 1 aromatic heterocycles. The van der Waals surface area contributed by atoms with Gasteiger partial charge in [-0.3, -0.25) is 14.3 Å². The highest BCUT2D eigenvalue weighted by Gasteiger charge is 2.16. The Morgan fingerprint density at radius 1 is 1.13 bits per heavy atom. The molecule has 0 aliphatic carbocycles. The SMILES string of the molecule is CCn1c(C[S@@](=O)Cc2ccc(Cl)cc2Cl)nnc1SCc1ccc([N+](=O)[O-])cc1. The van der Waals surface area contributed by atoms with Crippen LogP contribution in [0.15, 0.2) is 47.6 Å². The quantitative estimate of drug-likeness (QED) is 0.234. The molecule has 30 heavy (non-hydrogen) atoms. The van der Waals surface area contributed by atoms with Crippen LogP contribution in [0.25, 0.3) is 0 Å². The topological polar surface area (TPSA) is 90.9 Å². The monoisotopic (exact) mass is 484 g/mol. The summed E-state index contributed by atoms with van der Waals surface area (Å²) in [5.41, 5.74) is 1.78. The fourth-order valence-corrected chi connectivity index (χ4v) is 5.45. The molecule has 0 N–H and O–H groups in total. The third kappa shape index (κ3) is 5.81. The highest BCUT2D eigenvalue weighted by molar-refractivity contribution is 7.98. The van der Waals surface area contributed by atoms with Crippen LogP contribution in [0.1, 0.15) is 23.9 Å². The van der Waals surface area contributed by atoms with Gasteiger partial charge in [-0.05, 0) is 30.2 Å². The Balaban J connectivity index is 1.64. The van der Waals surface area contributed by atoms with Gasteiger partial charge in [0.15, 0.2) is 5.16 Å². The molecular formula is C19H18Cl2N4O3S2. The van der Waals surface area contributed by atoms with E-state index in [4.69, 9.17) is 23.2 Å². The average molecular weight is 485 g/mol. The number of thioether (sulfide) groups is 1. The largest absolute Gasteiger partial charge is 0.306 e. The number of hydrogen-bond acceptors (Lipinski definition) is 6. The van der Waals surface area contributed by atoms with Crippen molar-refractivity contribution in [3.05, 3.63) is 79.6 Å². The van der Waals surface area contributed by atoms with Crippen LogP contribution in [-0.4, -0.2) is 23.9 Å². The van der Waals surface area contributed by atoms with E-state index in [1.165, 1.54) is 23.9 Å². The van der Waals surface area contributed by atoms with Crippen molar-refractivity contribution in [3.63, 3.8) is 0 Å². The number of nitro groups is 1. The molecule has 0 fully saturated rings. The maximum absolute atomic E-state index is 12.6. The molecule has 3 aromatic rings. The molecule has 7 nitrogen and oxygen atoms in total. The second-order valence-electron chi connectivity index (χ2n) is 6.32. The number of halogens is 2. The predicted octanol–water partition coefficient (Wildman–Crippen LogP) is 5.25. The van der Waals surface area contributed by atoms with Crippen molar-refractivity contribution in [2.75, 3.05) is 0 Å². The minimum atomic E-state index is -1.21. The first-order valence-corrected chi connectivity index (χ1v) is 12.2. The summed E-state index contributed by atoms with van der Waals surface area (Å²) in [6.45, 7) is 2.62. The third-order valence-electron chi connectivity index (χ3n) is 4.25. The molecule has 11 heteroatoms. The molecule has 0 saturated carbocycles. The van der Waals surface area contributed by atoms with Crippen LogP contribution in [0.5, 0.6) is 0 Å². The summed E-state index contributed by atoms with van der Waals surface area (Å²) in [6.07, 6.45) is 0. The van der Waals surface area contributed by atoms with Gasteiger partial charge in [0.05, 0.1) is 16.4 Å². The van der Waals surface area contributed by atoms with Crippen LogP contribution >= 0.6 is 35.0 Å². The van der Waals surface area contributed by atoms with Gasteiger partial charge in [0.1, 0.15) is 5.82 Å². The molecule has 0 radical (unpaired) electrons. The Morgan fingerprint density at radius 2 is 1.87 bits per heavy atom. The maximum atomic E-state index is 12.6. The van der Waals surface area contributed by atoms with Crippen LogP contribution < -0.4 is 0 Å². The number of aromatic nitrogens is 3. The van der Waals surface area contributed by atoms with Gasteiger partial charge in [-0.1, -0.05) is 53.2 Å². The molecule has 3 rings (SSSR count). The molecule has 0 unspecified atom stereocenters. The standard InChI is InChI=1S/C19H18Cl2N4O3S2/c1-2-24-18(12-30(28)11-14-5-6-15(20)9-17(14)21)22-23-19(24)29-10-13-3-7-16(8-4-13)25(26)27/h3-9H,2,10-12H2,1H3/t30-/m0/s1. The molecule has 2 aromatic carbocycles. The van der Waals surface area contributed by atoms with E-state index in [2.05, 4.69) is 10.2 Å². The van der Waals surface area contributed by atoms with E-state index >= 15 is 0 Å². The first-order chi connectivity index (χ1) is 14.4. The Hall–Kier alpha value is -1.94. The summed E-state index contributed by atoms with van der Waals surface area (Å²) in [5, 5.41) is 20.9. The zero-order valence-electron chi connectivity index (χ0n) is 16.0. The minimum Gasteiger partial charge on any atom is -0.306 e. The molecule has 0 bridgehead atoms. The zero-order chi connectivity index (χ0) is 21.7. The molecule has 0 aliphatic rings. The molecule has 0 spiro atoms. The van der Waals surface area contributed by atoms with Crippen LogP contribution in [0.2, 0.25) is 10.0 Å². The summed E-state index contributed by atoms with van der Waals surface area (Å²) in [7, 11) is -1.21. The van der Waals surface area contributed by atoms with Gasteiger partial charge in [-0.2, -0.15) is 0 Å².